The van der Waals surface area contributed by atoms with E-state index in [-0.39, 0.29) is 11.7 Å². The highest BCUT2D eigenvalue weighted by molar-refractivity contribution is 5.92. The number of benzene rings is 1. The van der Waals surface area contributed by atoms with Crippen molar-refractivity contribution in [3.05, 3.63) is 59.7 Å². The van der Waals surface area contributed by atoms with Crippen molar-refractivity contribution in [2.24, 2.45) is 5.84 Å². The quantitative estimate of drug-likeness (QED) is 0.658. The molecule has 0 spiro atoms. The third-order valence-electron chi connectivity index (χ3n) is 2.83. The summed E-state index contributed by atoms with van der Waals surface area (Å²) in [6, 6.07) is 9.25. The molecule has 1 heterocycles. The summed E-state index contributed by atoms with van der Waals surface area (Å²) in [7, 11) is 1.66. The van der Waals surface area contributed by atoms with Gasteiger partial charge in [0.15, 0.2) is 0 Å². The van der Waals surface area contributed by atoms with Crippen LogP contribution in [-0.2, 0) is 6.54 Å². The first-order chi connectivity index (χ1) is 9.60. The first-order valence-corrected chi connectivity index (χ1v) is 6.02. The summed E-state index contributed by atoms with van der Waals surface area (Å²) >= 11 is 0. The zero-order chi connectivity index (χ0) is 14.5. The Morgan fingerprint density at radius 2 is 2.05 bits per heavy atom. The van der Waals surface area contributed by atoms with E-state index in [2.05, 4.69) is 10.4 Å². The van der Waals surface area contributed by atoms with Crippen LogP contribution in [0.2, 0.25) is 0 Å². The second-order valence-electron chi connectivity index (χ2n) is 4.36. The van der Waals surface area contributed by atoms with Crippen LogP contribution >= 0.6 is 0 Å². The molecule has 1 aromatic heterocycles. The van der Waals surface area contributed by atoms with Gasteiger partial charge in [0, 0.05) is 19.8 Å². The number of hydrogen-bond acceptors (Lipinski definition) is 4. The zero-order valence-electron chi connectivity index (χ0n) is 11.0. The molecule has 3 N–H and O–H groups in total. The molecule has 0 fully saturated rings. The van der Waals surface area contributed by atoms with Crippen molar-refractivity contribution in [1.29, 1.82) is 0 Å². The standard InChI is InChI=1S/C14H15FN4O/c1-19(9-10-2-4-11(15)5-3-10)14(20)13-8-12(18-16)6-7-17-13/h2-8H,9,16H2,1H3,(H,17,18). The monoisotopic (exact) mass is 274 g/mol. The molecule has 20 heavy (non-hydrogen) atoms. The minimum absolute atomic E-state index is 0.230. The van der Waals surface area contributed by atoms with Gasteiger partial charge in [-0.25, -0.2) is 4.39 Å². The summed E-state index contributed by atoms with van der Waals surface area (Å²) in [5.74, 6) is 4.76. The van der Waals surface area contributed by atoms with Gasteiger partial charge in [-0.15, -0.1) is 0 Å². The van der Waals surface area contributed by atoms with Gasteiger partial charge in [0.25, 0.3) is 5.91 Å². The molecule has 0 saturated heterocycles. The van der Waals surface area contributed by atoms with Gasteiger partial charge >= 0.3 is 0 Å². The fraction of sp³-hybridized carbons (Fsp3) is 0.143. The van der Waals surface area contributed by atoms with Crippen LogP contribution in [0, 0.1) is 5.82 Å². The smallest absolute Gasteiger partial charge is 0.272 e. The van der Waals surface area contributed by atoms with Crippen LogP contribution in [-0.4, -0.2) is 22.8 Å². The molecule has 0 unspecified atom stereocenters. The van der Waals surface area contributed by atoms with E-state index in [0.29, 0.717) is 17.9 Å². The summed E-state index contributed by atoms with van der Waals surface area (Å²) < 4.78 is 12.8. The lowest BCUT2D eigenvalue weighted by Gasteiger charge is -2.17. The van der Waals surface area contributed by atoms with Gasteiger partial charge in [-0.3, -0.25) is 15.6 Å². The van der Waals surface area contributed by atoms with Gasteiger partial charge in [-0.05, 0) is 29.8 Å². The lowest BCUT2D eigenvalue weighted by atomic mass is 10.2. The fourth-order valence-corrected chi connectivity index (χ4v) is 1.77. The maximum absolute atomic E-state index is 12.8. The molecule has 0 aliphatic carbocycles. The molecular weight excluding hydrogens is 259 g/mol. The fourth-order valence-electron chi connectivity index (χ4n) is 1.77. The van der Waals surface area contributed by atoms with Crippen LogP contribution in [0.4, 0.5) is 10.1 Å². The van der Waals surface area contributed by atoms with Crippen molar-refractivity contribution in [2.45, 2.75) is 6.54 Å². The molecule has 0 radical (unpaired) electrons. The third-order valence-corrected chi connectivity index (χ3v) is 2.83. The number of anilines is 1. The maximum atomic E-state index is 12.8. The number of aromatic nitrogens is 1. The molecular formula is C14H15FN4O. The average molecular weight is 274 g/mol. The predicted octanol–water partition coefficient (Wildman–Crippen LogP) is 1.78. The van der Waals surface area contributed by atoms with Crippen molar-refractivity contribution < 1.29 is 9.18 Å². The van der Waals surface area contributed by atoms with Gasteiger partial charge in [0.05, 0.1) is 5.69 Å². The molecule has 0 aliphatic heterocycles. The molecule has 0 saturated carbocycles. The molecule has 0 bridgehead atoms. The predicted molar refractivity (Wildman–Crippen MR) is 74.2 cm³/mol. The number of nitrogens with two attached hydrogens (primary N) is 1. The van der Waals surface area contributed by atoms with Crippen LogP contribution in [0.25, 0.3) is 0 Å². The number of carbonyl (C=O) groups excluding carboxylic acids is 1. The molecule has 6 heteroatoms. The summed E-state index contributed by atoms with van der Waals surface area (Å²) in [5.41, 5.74) is 4.21. The van der Waals surface area contributed by atoms with E-state index in [1.165, 1.54) is 23.2 Å². The first-order valence-electron chi connectivity index (χ1n) is 6.02. The van der Waals surface area contributed by atoms with Crippen molar-refractivity contribution >= 4 is 11.6 Å². The number of nitrogens with one attached hydrogen (secondary N) is 1. The summed E-state index contributed by atoms with van der Waals surface area (Å²) in [6.45, 7) is 0.376. The normalized spacial score (nSPS) is 10.2. The maximum Gasteiger partial charge on any atom is 0.272 e. The van der Waals surface area contributed by atoms with Crippen molar-refractivity contribution in [2.75, 3.05) is 12.5 Å². The van der Waals surface area contributed by atoms with Gasteiger partial charge in [-0.1, -0.05) is 12.1 Å². The summed E-state index contributed by atoms with van der Waals surface area (Å²) in [5, 5.41) is 0. The van der Waals surface area contributed by atoms with Gasteiger partial charge in [-0.2, -0.15) is 0 Å². The van der Waals surface area contributed by atoms with Crippen molar-refractivity contribution in [3.8, 4) is 0 Å². The molecule has 1 aromatic carbocycles. The van der Waals surface area contributed by atoms with Crippen molar-refractivity contribution in [1.82, 2.24) is 9.88 Å². The van der Waals surface area contributed by atoms with E-state index >= 15 is 0 Å². The molecule has 1 amide bonds. The third kappa shape index (κ3) is 3.30. The minimum Gasteiger partial charge on any atom is -0.336 e. The van der Waals surface area contributed by atoms with Crippen LogP contribution in [0.1, 0.15) is 16.1 Å². The number of amides is 1. The molecule has 5 nitrogen and oxygen atoms in total. The minimum atomic E-state index is -0.300. The van der Waals surface area contributed by atoms with Crippen LogP contribution in [0.5, 0.6) is 0 Å². The molecule has 104 valence electrons. The Morgan fingerprint density at radius 3 is 2.70 bits per heavy atom. The zero-order valence-corrected chi connectivity index (χ0v) is 11.0. The number of hydrazine groups is 1. The first kappa shape index (κ1) is 14.0. The number of nitrogens with zero attached hydrogens (tertiary/aromatic N) is 2. The van der Waals surface area contributed by atoms with E-state index in [1.54, 1.807) is 31.3 Å². The average Bonchev–Trinajstić information content (AvgIpc) is 2.48. The number of rotatable bonds is 4. The Bertz CT molecular complexity index is 600. The van der Waals surface area contributed by atoms with Crippen LogP contribution in [0.15, 0.2) is 42.6 Å². The Kier molecular flexibility index (Phi) is 4.27. The highest BCUT2D eigenvalue weighted by Gasteiger charge is 2.13. The molecule has 0 atom stereocenters. The van der Waals surface area contributed by atoms with E-state index in [0.717, 1.165) is 5.56 Å². The number of pyridine rings is 1. The van der Waals surface area contributed by atoms with Gasteiger partial charge in [0.1, 0.15) is 11.5 Å². The Morgan fingerprint density at radius 1 is 1.35 bits per heavy atom. The van der Waals surface area contributed by atoms with E-state index in [1.807, 2.05) is 0 Å². The second kappa shape index (κ2) is 6.12. The Hall–Kier alpha value is -2.47. The van der Waals surface area contributed by atoms with E-state index in [9.17, 15) is 9.18 Å². The van der Waals surface area contributed by atoms with E-state index < -0.39 is 0 Å². The molecule has 2 aromatic rings. The highest BCUT2D eigenvalue weighted by atomic mass is 19.1. The SMILES string of the molecule is CN(Cc1ccc(F)cc1)C(=O)c1cc(NN)ccn1. The lowest BCUT2D eigenvalue weighted by Crippen LogP contribution is -2.27. The summed E-state index contributed by atoms with van der Waals surface area (Å²) in [6.07, 6.45) is 1.51. The lowest BCUT2D eigenvalue weighted by molar-refractivity contribution is 0.0779. The number of hydrogen-bond donors (Lipinski definition) is 2. The number of halogens is 1. The highest BCUT2D eigenvalue weighted by Crippen LogP contribution is 2.11. The van der Waals surface area contributed by atoms with Crippen molar-refractivity contribution in [3.63, 3.8) is 0 Å². The van der Waals surface area contributed by atoms with Crippen LogP contribution in [0.3, 0.4) is 0 Å². The number of nitrogen functional groups attached to an aromatic ring is 1. The second-order valence-corrected chi connectivity index (χ2v) is 4.36. The van der Waals surface area contributed by atoms with E-state index in [4.69, 9.17) is 5.84 Å². The summed E-state index contributed by atoms with van der Waals surface area (Å²) in [4.78, 5) is 17.7. The number of carbonyl (C=O) groups is 1. The van der Waals surface area contributed by atoms with Gasteiger partial charge in [0.2, 0.25) is 0 Å². The van der Waals surface area contributed by atoms with Crippen LogP contribution < -0.4 is 11.3 Å². The molecule has 0 aliphatic rings. The largest absolute Gasteiger partial charge is 0.336 e. The Labute approximate surface area is 116 Å². The van der Waals surface area contributed by atoms with Gasteiger partial charge < -0.3 is 10.3 Å². The topological polar surface area (TPSA) is 71.2 Å². The molecule has 2 rings (SSSR count). The Balaban J connectivity index is 2.09.